The molecule has 0 saturated heterocycles. The van der Waals surface area contributed by atoms with Crippen LogP contribution in [0, 0.1) is 11.6 Å². The van der Waals surface area contributed by atoms with Gasteiger partial charge in [0.1, 0.15) is 29.5 Å². The largest absolute Gasteiger partial charge is 0.437 e. The molecular weight excluding hydrogens is 410 g/mol. The van der Waals surface area contributed by atoms with Gasteiger partial charge in [-0.2, -0.15) is 0 Å². The van der Waals surface area contributed by atoms with Crippen LogP contribution in [0.2, 0.25) is 0 Å². The normalized spacial score (nSPS) is 11.1. The van der Waals surface area contributed by atoms with Crippen molar-refractivity contribution in [3.63, 3.8) is 0 Å². The summed E-state index contributed by atoms with van der Waals surface area (Å²) in [4.78, 5) is 15.0. The summed E-state index contributed by atoms with van der Waals surface area (Å²) in [5.74, 6) is 0.498. The van der Waals surface area contributed by atoms with E-state index >= 15 is 0 Å². The van der Waals surface area contributed by atoms with Crippen LogP contribution in [0.25, 0.3) is 33.6 Å². The Bertz CT molecular complexity index is 1370. The molecule has 0 saturated carbocycles. The Hall–Kier alpha value is -4.13. The minimum absolute atomic E-state index is 0.338. The second kappa shape index (κ2) is 8.19. The maximum atomic E-state index is 13.7. The topological polar surface area (TPSA) is 55.1 Å². The fraction of sp³-hybridized carbons (Fsp3) is 0.0800. The third kappa shape index (κ3) is 3.69. The van der Waals surface area contributed by atoms with E-state index in [1.807, 2.05) is 24.1 Å². The quantitative estimate of drug-likeness (QED) is 0.351. The van der Waals surface area contributed by atoms with Gasteiger partial charge in [-0.25, -0.2) is 18.7 Å². The lowest BCUT2D eigenvalue weighted by atomic mass is 9.99. The standard InChI is InChI=1S/C25H18F2N4O/c1-31(14-16-3-2-12-28-13-16)24-22-21(17-4-8-19(26)9-5-17)23(32-25(22)30-15-29-24)18-6-10-20(27)11-7-18/h2-13,15H,14H2,1H3. The van der Waals surface area contributed by atoms with Crippen LogP contribution < -0.4 is 4.90 Å². The molecule has 0 spiro atoms. The van der Waals surface area contributed by atoms with Gasteiger partial charge in [-0.3, -0.25) is 4.98 Å². The van der Waals surface area contributed by atoms with E-state index in [1.54, 1.807) is 36.7 Å². The predicted molar refractivity (Wildman–Crippen MR) is 119 cm³/mol. The zero-order valence-electron chi connectivity index (χ0n) is 17.2. The first kappa shape index (κ1) is 19.8. The molecular formula is C25H18F2N4O. The molecule has 0 bridgehead atoms. The van der Waals surface area contributed by atoms with E-state index in [0.29, 0.717) is 34.8 Å². The molecule has 7 heteroatoms. The number of anilines is 1. The van der Waals surface area contributed by atoms with Gasteiger partial charge in [0, 0.05) is 37.1 Å². The van der Waals surface area contributed by atoms with E-state index in [4.69, 9.17) is 4.42 Å². The summed E-state index contributed by atoms with van der Waals surface area (Å²) in [5, 5.41) is 0.699. The third-order valence-corrected chi connectivity index (χ3v) is 5.21. The summed E-state index contributed by atoms with van der Waals surface area (Å²) in [5.41, 5.74) is 3.57. The van der Waals surface area contributed by atoms with Crippen molar-refractivity contribution in [1.29, 1.82) is 0 Å². The van der Waals surface area contributed by atoms with E-state index in [-0.39, 0.29) is 11.6 Å². The Morgan fingerprint density at radius 2 is 1.56 bits per heavy atom. The number of furan rings is 1. The first-order valence-corrected chi connectivity index (χ1v) is 9.99. The van der Waals surface area contributed by atoms with Crippen molar-refractivity contribution in [2.75, 3.05) is 11.9 Å². The number of pyridine rings is 1. The Morgan fingerprint density at radius 1 is 0.875 bits per heavy atom. The summed E-state index contributed by atoms with van der Waals surface area (Å²) < 4.78 is 33.3. The van der Waals surface area contributed by atoms with E-state index in [9.17, 15) is 8.78 Å². The molecule has 5 aromatic rings. The van der Waals surface area contributed by atoms with Crippen molar-refractivity contribution in [1.82, 2.24) is 15.0 Å². The molecule has 0 unspecified atom stereocenters. The molecule has 158 valence electrons. The molecule has 0 radical (unpaired) electrons. The molecule has 0 aliphatic heterocycles. The highest BCUT2D eigenvalue weighted by Gasteiger charge is 2.23. The van der Waals surface area contributed by atoms with Crippen molar-refractivity contribution in [3.05, 3.63) is 96.6 Å². The van der Waals surface area contributed by atoms with Gasteiger partial charge in [0.2, 0.25) is 5.71 Å². The van der Waals surface area contributed by atoms with Crippen LogP contribution in [0.3, 0.4) is 0 Å². The van der Waals surface area contributed by atoms with Gasteiger partial charge in [-0.1, -0.05) is 18.2 Å². The zero-order valence-corrected chi connectivity index (χ0v) is 17.2. The lowest BCUT2D eigenvalue weighted by Crippen LogP contribution is -2.18. The predicted octanol–water partition coefficient (Wildman–Crippen LogP) is 5.87. The van der Waals surface area contributed by atoms with Crippen LogP contribution in [0.5, 0.6) is 0 Å². The molecule has 0 atom stereocenters. The van der Waals surface area contributed by atoms with Crippen LogP contribution in [-0.2, 0) is 6.54 Å². The third-order valence-electron chi connectivity index (χ3n) is 5.21. The van der Waals surface area contributed by atoms with E-state index in [1.165, 1.54) is 30.6 Å². The van der Waals surface area contributed by atoms with Crippen molar-refractivity contribution in [2.24, 2.45) is 0 Å². The van der Waals surface area contributed by atoms with Gasteiger partial charge >= 0.3 is 0 Å². The first-order valence-electron chi connectivity index (χ1n) is 9.99. The first-order chi connectivity index (χ1) is 15.6. The zero-order chi connectivity index (χ0) is 22.1. The summed E-state index contributed by atoms with van der Waals surface area (Å²) in [7, 11) is 1.92. The number of nitrogens with zero attached hydrogens (tertiary/aromatic N) is 4. The fourth-order valence-electron chi connectivity index (χ4n) is 3.74. The molecule has 0 amide bonds. The van der Waals surface area contributed by atoms with Crippen LogP contribution in [-0.4, -0.2) is 22.0 Å². The Morgan fingerprint density at radius 3 is 2.22 bits per heavy atom. The summed E-state index contributed by atoms with van der Waals surface area (Å²) in [6, 6.07) is 16.1. The van der Waals surface area contributed by atoms with Crippen molar-refractivity contribution >= 4 is 16.9 Å². The van der Waals surface area contributed by atoms with Gasteiger partial charge in [-0.15, -0.1) is 0 Å². The van der Waals surface area contributed by atoms with Gasteiger partial charge in [0.05, 0.1) is 5.39 Å². The molecule has 0 aliphatic rings. The molecule has 5 rings (SSSR count). The molecule has 3 heterocycles. The Kier molecular flexibility index (Phi) is 5.07. The van der Waals surface area contributed by atoms with Crippen molar-refractivity contribution in [2.45, 2.75) is 6.54 Å². The van der Waals surface area contributed by atoms with E-state index < -0.39 is 0 Å². The van der Waals surface area contributed by atoms with Crippen LogP contribution >= 0.6 is 0 Å². The SMILES string of the molecule is CN(Cc1cccnc1)c1ncnc2oc(-c3ccc(F)cc3)c(-c3ccc(F)cc3)c12. The fourth-order valence-corrected chi connectivity index (χ4v) is 3.74. The highest BCUT2D eigenvalue weighted by atomic mass is 19.1. The molecule has 5 nitrogen and oxygen atoms in total. The second-order valence-electron chi connectivity index (χ2n) is 7.41. The molecule has 0 aliphatic carbocycles. The average Bonchev–Trinajstić information content (AvgIpc) is 3.20. The number of hydrogen-bond donors (Lipinski definition) is 0. The average molecular weight is 428 g/mol. The molecule has 32 heavy (non-hydrogen) atoms. The van der Waals surface area contributed by atoms with Crippen molar-refractivity contribution < 1.29 is 13.2 Å². The monoisotopic (exact) mass is 428 g/mol. The van der Waals surface area contributed by atoms with Gasteiger partial charge in [0.25, 0.3) is 0 Å². The minimum atomic E-state index is -0.343. The van der Waals surface area contributed by atoms with Gasteiger partial charge in [-0.05, 0) is 53.6 Å². The Labute approximate surface area is 183 Å². The van der Waals surface area contributed by atoms with E-state index in [2.05, 4.69) is 15.0 Å². The number of hydrogen-bond acceptors (Lipinski definition) is 5. The number of rotatable bonds is 5. The molecule has 2 aromatic carbocycles. The molecule has 3 aromatic heterocycles. The Balaban J connectivity index is 1.72. The number of fused-ring (bicyclic) bond motifs is 1. The van der Waals surface area contributed by atoms with Crippen LogP contribution in [0.1, 0.15) is 5.56 Å². The smallest absolute Gasteiger partial charge is 0.232 e. The summed E-state index contributed by atoms with van der Waals surface area (Å²) in [6.45, 7) is 0.569. The van der Waals surface area contributed by atoms with Crippen LogP contribution in [0.4, 0.5) is 14.6 Å². The maximum Gasteiger partial charge on any atom is 0.232 e. The second-order valence-corrected chi connectivity index (χ2v) is 7.41. The van der Waals surface area contributed by atoms with Gasteiger partial charge in [0.15, 0.2) is 0 Å². The van der Waals surface area contributed by atoms with Gasteiger partial charge < -0.3 is 9.32 Å². The molecule has 0 N–H and O–H groups in total. The highest BCUT2D eigenvalue weighted by molar-refractivity contribution is 6.06. The lowest BCUT2D eigenvalue weighted by molar-refractivity contribution is 0.615. The minimum Gasteiger partial charge on any atom is -0.437 e. The molecule has 0 fully saturated rings. The lowest BCUT2D eigenvalue weighted by Gasteiger charge is -2.19. The summed E-state index contributed by atoms with van der Waals surface area (Å²) >= 11 is 0. The number of aromatic nitrogens is 3. The maximum absolute atomic E-state index is 13.7. The van der Waals surface area contributed by atoms with Crippen molar-refractivity contribution in [3.8, 4) is 22.5 Å². The van der Waals surface area contributed by atoms with Crippen LogP contribution in [0.15, 0.2) is 83.8 Å². The number of halogens is 2. The van der Waals surface area contributed by atoms with E-state index in [0.717, 1.165) is 16.7 Å². The summed E-state index contributed by atoms with van der Waals surface area (Å²) in [6.07, 6.45) is 4.98. The highest BCUT2D eigenvalue weighted by Crippen LogP contribution is 2.43. The number of benzene rings is 2.